The quantitative estimate of drug-likeness (QED) is 0.712. The Morgan fingerprint density at radius 2 is 1.81 bits per heavy atom. The van der Waals surface area contributed by atoms with Gasteiger partial charge >= 0.3 is 0 Å². The second-order valence-electron chi connectivity index (χ2n) is 9.28. The van der Waals surface area contributed by atoms with E-state index in [9.17, 15) is 9.90 Å². The van der Waals surface area contributed by atoms with E-state index in [-0.39, 0.29) is 35.7 Å². The van der Waals surface area contributed by atoms with Crippen LogP contribution in [0.25, 0.3) is 10.8 Å². The van der Waals surface area contributed by atoms with Crippen LogP contribution in [-0.4, -0.2) is 30.3 Å². The summed E-state index contributed by atoms with van der Waals surface area (Å²) < 4.78 is 12.2. The molecule has 0 spiro atoms. The maximum atomic E-state index is 14.0. The van der Waals surface area contributed by atoms with Gasteiger partial charge in [-0.2, -0.15) is 0 Å². The second kappa shape index (κ2) is 5.87. The summed E-state index contributed by atoms with van der Waals surface area (Å²) in [6.07, 6.45) is 0.0812. The minimum Gasteiger partial charge on any atom is -0.497 e. The first-order valence-electron chi connectivity index (χ1n) is 11.0. The summed E-state index contributed by atoms with van der Waals surface area (Å²) in [7, 11) is 1.65. The van der Waals surface area contributed by atoms with Crippen LogP contribution in [-0.2, 0) is 15.3 Å². The number of fused-ring (bicyclic) bond motifs is 3. The van der Waals surface area contributed by atoms with Crippen LogP contribution < -0.4 is 9.64 Å². The molecule has 3 aromatic rings. The van der Waals surface area contributed by atoms with Gasteiger partial charge in [0.05, 0.1) is 30.9 Å². The van der Waals surface area contributed by atoms with Crippen LogP contribution in [0, 0.1) is 23.7 Å². The standard InChI is InChI=1S/C26H23NO4/c1-30-16-11-9-15(10-12-16)26-22-19-13-18(23(28)24(19)31-26)21(22)25(29)27(26)20-8-4-6-14-5-2-3-7-17(14)20/h2-12,18-19,21-24,28H,13H2,1H3. The lowest BCUT2D eigenvalue weighted by molar-refractivity contribution is -0.133. The Balaban J connectivity index is 1.50. The first kappa shape index (κ1) is 17.8. The van der Waals surface area contributed by atoms with E-state index in [0.717, 1.165) is 34.2 Å². The number of methoxy groups -OCH3 is 1. The molecule has 156 valence electrons. The van der Waals surface area contributed by atoms with E-state index in [1.165, 1.54) is 0 Å². The van der Waals surface area contributed by atoms with Gasteiger partial charge in [0.2, 0.25) is 5.91 Å². The van der Waals surface area contributed by atoms with Crippen molar-refractivity contribution >= 4 is 22.4 Å². The largest absolute Gasteiger partial charge is 0.497 e. The highest BCUT2D eigenvalue weighted by Crippen LogP contribution is 2.71. The van der Waals surface area contributed by atoms with E-state index in [4.69, 9.17) is 9.47 Å². The molecule has 7 atom stereocenters. The number of ether oxygens (including phenoxy) is 2. The van der Waals surface area contributed by atoms with Crippen LogP contribution in [0.2, 0.25) is 0 Å². The van der Waals surface area contributed by atoms with Crippen LogP contribution in [0.1, 0.15) is 12.0 Å². The number of benzene rings is 3. The number of aliphatic hydroxyl groups excluding tert-OH is 1. The summed E-state index contributed by atoms with van der Waals surface area (Å²) >= 11 is 0. The van der Waals surface area contributed by atoms with Crippen molar-refractivity contribution in [1.82, 2.24) is 0 Å². The molecule has 5 heteroatoms. The number of hydrogen-bond acceptors (Lipinski definition) is 4. The minimum absolute atomic E-state index is 0.0207. The summed E-state index contributed by atoms with van der Waals surface area (Å²) in [5.74, 6) is 0.860. The molecule has 4 aliphatic rings. The monoisotopic (exact) mass is 413 g/mol. The van der Waals surface area contributed by atoms with Crippen LogP contribution >= 0.6 is 0 Å². The molecule has 2 saturated heterocycles. The number of nitrogens with zero attached hydrogens (tertiary/aromatic N) is 1. The van der Waals surface area contributed by atoms with Gasteiger partial charge in [0.15, 0.2) is 5.72 Å². The molecule has 2 bridgehead atoms. The lowest BCUT2D eigenvalue weighted by atomic mass is 9.75. The van der Waals surface area contributed by atoms with Gasteiger partial charge in [-0.15, -0.1) is 0 Å². The fourth-order valence-electron chi connectivity index (χ4n) is 7.08. The molecule has 0 aromatic heterocycles. The van der Waals surface area contributed by atoms with Gasteiger partial charge in [-0.05, 0) is 41.8 Å². The van der Waals surface area contributed by atoms with Crippen LogP contribution in [0.4, 0.5) is 5.69 Å². The SMILES string of the molecule is COc1ccc(C23OC4C(O)C5CC4C2C5C(=O)N3c2cccc3ccccc23)cc1. The molecule has 7 rings (SSSR count). The first-order valence-corrected chi connectivity index (χ1v) is 11.0. The van der Waals surface area contributed by atoms with E-state index in [1.54, 1.807) is 7.11 Å². The van der Waals surface area contributed by atoms with Gasteiger partial charge in [0.25, 0.3) is 0 Å². The molecular weight excluding hydrogens is 390 g/mol. The molecule has 2 saturated carbocycles. The van der Waals surface area contributed by atoms with Gasteiger partial charge in [-0.3, -0.25) is 9.69 Å². The fraction of sp³-hybridized carbons (Fsp3) is 0.346. The predicted octanol–water partition coefficient (Wildman–Crippen LogP) is 3.69. The summed E-state index contributed by atoms with van der Waals surface area (Å²) in [4.78, 5) is 15.9. The highest BCUT2D eigenvalue weighted by atomic mass is 16.6. The minimum atomic E-state index is -0.903. The Morgan fingerprint density at radius 3 is 2.61 bits per heavy atom. The predicted molar refractivity (Wildman–Crippen MR) is 116 cm³/mol. The van der Waals surface area contributed by atoms with Crippen LogP contribution in [0.5, 0.6) is 5.75 Å². The van der Waals surface area contributed by atoms with Crippen molar-refractivity contribution < 1.29 is 19.4 Å². The number of anilines is 1. The van der Waals surface area contributed by atoms with Crippen molar-refractivity contribution in [1.29, 1.82) is 0 Å². The van der Waals surface area contributed by atoms with E-state index >= 15 is 0 Å². The van der Waals surface area contributed by atoms with E-state index in [0.29, 0.717) is 0 Å². The Kier molecular flexibility index (Phi) is 3.36. The zero-order chi connectivity index (χ0) is 20.9. The van der Waals surface area contributed by atoms with E-state index in [2.05, 4.69) is 18.2 Å². The summed E-state index contributed by atoms with van der Waals surface area (Å²) in [5.41, 5.74) is 0.923. The normalized spacial score (nSPS) is 37.2. The van der Waals surface area contributed by atoms with Crippen molar-refractivity contribution in [2.45, 2.75) is 24.4 Å². The summed E-state index contributed by atoms with van der Waals surface area (Å²) in [6.45, 7) is 0. The Labute approximate surface area is 180 Å². The van der Waals surface area contributed by atoms with Gasteiger partial charge in [-0.25, -0.2) is 0 Å². The second-order valence-corrected chi connectivity index (χ2v) is 9.28. The number of aliphatic hydroxyl groups is 1. The molecule has 0 radical (unpaired) electrons. The van der Waals surface area contributed by atoms with Gasteiger partial charge in [0, 0.05) is 16.9 Å². The van der Waals surface area contributed by atoms with Crippen molar-refractivity contribution in [3.63, 3.8) is 0 Å². The topological polar surface area (TPSA) is 59.0 Å². The summed E-state index contributed by atoms with van der Waals surface area (Å²) in [5, 5.41) is 13.0. The van der Waals surface area contributed by atoms with Gasteiger partial charge in [0.1, 0.15) is 5.75 Å². The van der Waals surface area contributed by atoms with E-state index in [1.807, 2.05) is 53.4 Å². The lowest BCUT2D eigenvalue weighted by Gasteiger charge is -2.40. The molecule has 4 fully saturated rings. The molecule has 1 amide bonds. The molecule has 5 nitrogen and oxygen atoms in total. The lowest BCUT2D eigenvalue weighted by Crippen LogP contribution is -2.49. The van der Waals surface area contributed by atoms with Crippen LogP contribution in [0.15, 0.2) is 66.7 Å². The third-order valence-corrected chi connectivity index (χ3v) is 8.17. The number of hydrogen-bond donors (Lipinski definition) is 1. The number of rotatable bonds is 3. The third-order valence-electron chi connectivity index (χ3n) is 8.17. The maximum Gasteiger partial charge on any atom is 0.233 e. The molecule has 31 heavy (non-hydrogen) atoms. The van der Waals surface area contributed by atoms with Crippen molar-refractivity contribution in [2.24, 2.45) is 23.7 Å². The maximum absolute atomic E-state index is 14.0. The highest BCUT2D eigenvalue weighted by molar-refractivity contribution is 6.07. The van der Waals surface area contributed by atoms with Gasteiger partial charge in [-0.1, -0.05) is 48.5 Å². The molecule has 2 aliphatic heterocycles. The highest BCUT2D eigenvalue weighted by Gasteiger charge is 2.79. The third kappa shape index (κ3) is 1.97. The molecule has 2 aliphatic carbocycles. The fourth-order valence-corrected chi connectivity index (χ4v) is 7.08. The van der Waals surface area contributed by atoms with E-state index < -0.39 is 11.8 Å². The number of carbonyl (C=O) groups is 1. The Morgan fingerprint density at radius 1 is 1.03 bits per heavy atom. The number of amides is 1. The molecule has 7 unspecified atom stereocenters. The molecular formula is C26H23NO4. The molecule has 1 N–H and O–H groups in total. The van der Waals surface area contributed by atoms with Crippen LogP contribution in [0.3, 0.4) is 0 Å². The molecule has 3 aromatic carbocycles. The smallest absolute Gasteiger partial charge is 0.233 e. The average molecular weight is 413 g/mol. The Hall–Kier alpha value is -2.89. The Bertz CT molecular complexity index is 1220. The van der Waals surface area contributed by atoms with Crippen molar-refractivity contribution in [2.75, 3.05) is 12.0 Å². The zero-order valence-corrected chi connectivity index (χ0v) is 17.1. The number of carbonyl (C=O) groups excluding carboxylic acids is 1. The van der Waals surface area contributed by atoms with Crippen molar-refractivity contribution in [3.05, 3.63) is 72.3 Å². The summed E-state index contributed by atoms with van der Waals surface area (Å²) in [6, 6.07) is 22.1. The average Bonchev–Trinajstić information content (AvgIpc) is 3.49. The first-order chi connectivity index (χ1) is 15.1. The van der Waals surface area contributed by atoms with Gasteiger partial charge < -0.3 is 14.6 Å². The molecule has 2 heterocycles. The van der Waals surface area contributed by atoms with Crippen molar-refractivity contribution in [3.8, 4) is 5.75 Å². The zero-order valence-electron chi connectivity index (χ0n) is 17.1.